The second kappa shape index (κ2) is 11.0. The number of carbonyl (C=O) groups is 2. The van der Waals surface area contributed by atoms with E-state index < -0.39 is 35.3 Å². The van der Waals surface area contributed by atoms with Crippen molar-refractivity contribution in [3.63, 3.8) is 0 Å². The van der Waals surface area contributed by atoms with Crippen LogP contribution in [0.25, 0.3) is 0 Å². The van der Waals surface area contributed by atoms with Gasteiger partial charge in [-0.25, -0.2) is 18.7 Å². The largest absolute Gasteiger partial charge is 0.491 e. The monoisotopic (exact) mass is 541 g/mol. The topological polar surface area (TPSA) is 87.7 Å². The van der Waals surface area contributed by atoms with Crippen LogP contribution >= 0.6 is 11.6 Å². The lowest BCUT2D eigenvalue weighted by atomic mass is 9.97. The predicted octanol–water partition coefficient (Wildman–Crippen LogP) is 3.89. The molecule has 1 aromatic heterocycles. The summed E-state index contributed by atoms with van der Waals surface area (Å²) in [5.41, 5.74) is -0.161. The third-order valence-electron chi connectivity index (χ3n) is 6.93. The molecule has 2 aromatic carbocycles. The number of nitrogens with zero attached hydrogens (tertiary/aromatic N) is 4. The first-order valence-electron chi connectivity index (χ1n) is 12.2. The van der Waals surface area contributed by atoms with Gasteiger partial charge < -0.3 is 15.0 Å². The summed E-state index contributed by atoms with van der Waals surface area (Å²) in [7, 11) is 2.06. The molecular formula is C27H26ClF2N5O3. The van der Waals surface area contributed by atoms with Gasteiger partial charge in [0.25, 0.3) is 11.5 Å². The van der Waals surface area contributed by atoms with Crippen molar-refractivity contribution in [1.29, 1.82) is 0 Å². The van der Waals surface area contributed by atoms with E-state index in [4.69, 9.17) is 16.3 Å². The number of aromatic nitrogens is 2. The number of anilines is 1. The average molecular weight is 542 g/mol. The molecule has 0 radical (unpaired) electrons. The average Bonchev–Trinajstić information content (AvgIpc) is 3.53. The van der Waals surface area contributed by atoms with Crippen molar-refractivity contribution >= 4 is 29.1 Å². The zero-order chi connectivity index (χ0) is 26.8. The van der Waals surface area contributed by atoms with E-state index in [0.717, 1.165) is 30.0 Å². The summed E-state index contributed by atoms with van der Waals surface area (Å²) in [6.07, 6.45) is 5.06. The molecule has 2 amide bonds. The number of amides is 2. The number of ether oxygens (including phenoxy) is 1. The smallest absolute Gasteiger partial charge is 0.278 e. The Morgan fingerprint density at radius 2 is 1.92 bits per heavy atom. The van der Waals surface area contributed by atoms with Crippen LogP contribution in [-0.4, -0.2) is 59.1 Å². The molecule has 4 unspecified atom stereocenters. The Hall–Kier alpha value is -3.63. The molecular weight excluding hydrogens is 516 g/mol. The number of likely N-dealkylation sites (tertiary alicyclic amines) is 1. The van der Waals surface area contributed by atoms with Gasteiger partial charge in [-0.15, -0.1) is 0 Å². The summed E-state index contributed by atoms with van der Waals surface area (Å²) in [5, 5.41) is 2.85. The number of rotatable bonds is 7. The van der Waals surface area contributed by atoms with Gasteiger partial charge in [0.05, 0.1) is 6.04 Å². The summed E-state index contributed by atoms with van der Waals surface area (Å²) >= 11 is 5.63. The number of likely N-dealkylation sites (N-methyl/N-ethyl adjacent to an activating group) is 1. The Morgan fingerprint density at radius 1 is 1.18 bits per heavy atom. The van der Waals surface area contributed by atoms with Crippen LogP contribution in [0, 0.1) is 5.82 Å². The molecule has 3 heterocycles. The summed E-state index contributed by atoms with van der Waals surface area (Å²) in [6, 6.07) is 9.23. The third-order valence-corrected chi connectivity index (χ3v) is 7.12. The maximum atomic E-state index is 14.3. The van der Waals surface area contributed by atoms with Crippen molar-refractivity contribution in [1.82, 2.24) is 20.2 Å². The molecule has 198 valence electrons. The molecule has 5 rings (SSSR count). The number of halogens is 3. The Balaban J connectivity index is 1.49. The van der Waals surface area contributed by atoms with E-state index in [-0.39, 0.29) is 12.2 Å². The van der Waals surface area contributed by atoms with Crippen LogP contribution in [0.5, 0.6) is 5.75 Å². The van der Waals surface area contributed by atoms with Crippen molar-refractivity contribution in [2.45, 2.75) is 30.1 Å². The Labute approximate surface area is 223 Å². The fraction of sp³-hybridized carbons (Fsp3) is 0.333. The minimum Gasteiger partial charge on any atom is -0.491 e. The van der Waals surface area contributed by atoms with Crippen LogP contribution in [0.1, 0.15) is 41.1 Å². The predicted molar refractivity (Wildman–Crippen MR) is 137 cm³/mol. The summed E-state index contributed by atoms with van der Waals surface area (Å²) in [5.74, 6) is -1.53. The maximum absolute atomic E-state index is 14.3. The van der Waals surface area contributed by atoms with Gasteiger partial charge in [-0.3, -0.25) is 14.5 Å². The van der Waals surface area contributed by atoms with Crippen molar-refractivity contribution in [2.24, 2.45) is 0 Å². The number of nitrogens with one attached hydrogen (secondary N) is 1. The van der Waals surface area contributed by atoms with Crippen molar-refractivity contribution < 1.29 is 23.1 Å². The lowest BCUT2D eigenvalue weighted by Gasteiger charge is -2.32. The Morgan fingerprint density at radius 3 is 2.58 bits per heavy atom. The number of benzene rings is 2. The Bertz CT molecular complexity index is 1310. The van der Waals surface area contributed by atoms with Crippen LogP contribution in [0.2, 0.25) is 0 Å². The van der Waals surface area contributed by atoms with E-state index in [0.29, 0.717) is 22.9 Å². The molecule has 1 N–H and O–H groups in total. The molecule has 0 aliphatic carbocycles. The standard InChI is InChI=1S/C27H26ClF2N5O3/c1-34-9-8-17(13-34)16-2-5-20(6-3-16)35(27(37)25(28)30)24(18-11-31-15-32-12-18)26(36)33-22-14-38-23-10-19(29)4-7-21(22)23/h2-7,10-12,15,17,22,24-25H,8-9,13-14H2,1H3,(H,33,36). The van der Waals surface area contributed by atoms with Gasteiger partial charge in [0.15, 0.2) is 0 Å². The third kappa shape index (κ3) is 5.32. The maximum Gasteiger partial charge on any atom is 0.278 e. The van der Waals surface area contributed by atoms with Gasteiger partial charge in [0, 0.05) is 41.8 Å². The normalized spacial score (nSPS) is 20.3. The van der Waals surface area contributed by atoms with Crippen molar-refractivity contribution in [3.05, 3.63) is 83.7 Å². The molecule has 4 atom stereocenters. The fourth-order valence-corrected chi connectivity index (χ4v) is 5.15. The van der Waals surface area contributed by atoms with E-state index in [9.17, 15) is 18.4 Å². The second-order valence-electron chi connectivity index (χ2n) is 9.48. The molecule has 0 saturated carbocycles. The SMILES string of the molecule is CN1CCC(c2ccc(N(C(=O)C(F)Cl)C(C(=O)NC3COc4cc(F)ccc43)c3cncnc3)cc2)C1. The zero-order valence-corrected chi connectivity index (χ0v) is 21.3. The van der Waals surface area contributed by atoms with Crippen LogP contribution in [0.3, 0.4) is 0 Å². The van der Waals surface area contributed by atoms with E-state index in [2.05, 4.69) is 27.2 Å². The molecule has 11 heteroatoms. The lowest BCUT2D eigenvalue weighted by Crippen LogP contribution is -2.47. The number of hydrogen-bond acceptors (Lipinski definition) is 6. The molecule has 2 aliphatic rings. The number of hydrogen-bond donors (Lipinski definition) is 1. The molecule has 38 heavy (non-hydrogen) atoms. The highest BCUT2D eigenvalue weighted by Gasteiger charge is 2.38. The van der Waals surface area contributed by atoms with Gasteiger partial charge >= 0.3 is 0 Å². The molecule has 8 nitrogen and oxygen atoms in total. The van der Waals surface area contributed by atoms with Gasteiger partial charge in [-0.2, -0.15) is 0 Å². The van der Waals surface area contributed by atoms with Crippen LogP contribution in [0.15, 0.2) is 61.2 Å². The number of fused-ring (bicyclic) bond motifs is 1. The minimum absolute atomic E-state index is 0.0717. The molecule has 0 bridgehead atoms. The van der Waals surface area contributed by atoms with E-state index >= 15 is 0 Å². The van der Waals surface area contributed by atoms with E-state index in [1.165, 1.54) is 36.9 Å². The first-order chi connectivity index (χ1) is 18.3. The van der Waals surface area contributed by atoms with Gasteiger partial charge in [0.2, 0.25) is 5.91 Å². The van der Waals surface area contributed by atoms with E-state index in [1.54, 1.807) is 12.1 Å². The molecule has 1 saturated heterocycles. The fourth-order valence-electron chi connectivity index (χ4n) is 5.05. The van der Waals surface area contributed by atoms with Crippen molar-refractivity contribution in [2.75, 3.05) is 31.6 Å². The van der Waals surface area contributed by atoms with Gasteiger partial charge in [-0.05, 0) is 49.7 Å². The quantitative estimate of drug-likeness (QED) is 0.457. The number of alkyl halides is 2. The summed E-state index contributed by atoms with van der Waals surface area (Å²) in [4.78, 5) is 38.2. The first-order valence-corrected chi connectivity index (χ1v) is 12.6. The highest BCUT2D eigenvalue weighted by Crippen LogP contribution is 2.36. The molecule has 1 fully saturated rings. The molecule has 3 aromatic rings. The van der Waals surface area contributed by atoms with Crippen LogP contribution in [0.4, 0.5) is 14.5 Å². The zero-order valence-electron chi connectivity index (χ0n) is 20.6. The van der Waals surface area contributed by atoms with Gasteiger partial charge in [0.1, 0.15) is 30.5 Å². The molecule has 2 aliphatic heterocycles. The van der Waals surface area contributed by atoms with E-state index in [1.807, 2.05) is 12.1 Å². The van der Waals surface area contributed by atoms with Crippen molar-refractivity contribution in [3.8, 4) is 5.75 Å². The molecule has 0 spiro atoms. The lowest BCUT2D eigenvalue weighted by molar-refractivity contribution is -0.128. The van der Waals surface area contributed by atoms with Crippen LogP contribution in [-0.2, 0) is 9.59 Å². The number of carbonyl (C=O) groups excluding carboxylic acids is 2. The Kier molecular flexibility index (Phi) is 7.53. The summed E-state index contributed by atoms with van der Waals surface area (Å²) in [6.45, 7) is 1.98. The van der Waals surface area contributed by atoms with Gasteiger partial charge in [-0.1, -0.05) is 29.8 Å². The highest BCUT2D eigenvalue weighted by molar-refractivity contribution is 6.32. The first kappa shape index (κ1) is 26.0. The second-order valence-corrected chi connectivity index (χ2v) is 9.86. The highest BCUT2D eigenvalue weighted by atomic mass is 35.5. The minimum atomic E-state index is -2.39. The summed E-state index contributed by atoms with van der Waals surface area (Å²) < 4.78 is 33.5. The van der Waals surface area contributed by atoms with Crippen LogP contribution < -0.4 is 15.0 Å².